The Labute approximate surface area is 143 Å². The van der Waals surface area contributed by atoms with Crippen LogP contribution in [0, 0.1) is 13.8 Å². The van der Waals surface area contributed by atoms with Gasteiger partial charge in [-0.15, -0.1) is 0 Å². The van der Waals surface area contributed by atoms with Gasteiger partial charge < -0.3 is 10.6 Å². The number of aryl methyl sites for hydroxylation is 3. The molecule has 0 bridgehead atoms. The number of carbonyl (C=O) groups excluding carboxylic acids is 1. The van der Waals surface area contributed by atoms with Crippen LogP contribution in [0.25, 0.3) is 0 Å². The second kappa shape index (κ2) is 6.99. The number of amides is 1. The Morgan fingerprint density at radius 1 is 1.17 bits per heavy atom. The van der Waals surface area contributed by atoms with Gasteiger partial charge >= 0.3 is 0 Å². The molecule has 128 valence electrons. The SMILES string of the molecule is CCc1cccc(C)c1NC(=O)c1cc(NC(C)(C)C)nc(C)n1. The molecule has 0 aliphatic carbocycles. The zero-order valence-corrected chi connectivity index (χ0v) is 15.3. The van der Waals surface area contributed by atoms with Gasteiger partial charge in [-0.2, -0.15) is 0 Å². The van der Waals surface area contributed by atoms with Crippen LogP contribution in [0.2, 0.25) is 0 Å². The number of hydrogen-bond donors (Lipinski definition) is 2. The number of nitrogens with one attached hydrogen (secondary N) is 2. The molecule has 5 nitrogen and oxygen atoms in total. The van der Waals surface area contributed by atoms with Crippen molar-refractivity contribution in [3.8, 4) is 0 Å². The van der Waals surface area contributed by atoms with Crippen molar-refractivity contribution in [2.75, 3.05) is 10.6 Å². The molecule has 1 heterocycles. The second-order valence-electron chi connectivity index (χ2n) is 6.98. The summed E-state index contributed by atoms with van der Waals surface area (Å²) >= 11 is 0. The number of nitrogens with zero attached hydrogens (tertiary/aromatic N) is 2. The fourth-order valence-corrected chi connectivity index (χ4v) is 2.51. The summed E-state index contributed by atoms with van der Waals surface area (Å²) in [6.07, 6.45) is 0.858. The Morgan fingerprint density at radius 2 is 1.88 bits per heavy atom. The normalized spacial score (nSPS) is 11.2. The van der Waals surface area contributed by atoms with Crippen LogP contribution in [-0.2, 0) is 6.42 Å². The molecule has 0 aliphatic rings. The minimum absolute atomic E-state index is 0.139. The van der Waals surface area contributed by atoms with Crippen molar-refractivity contribution in [2.24, 2.45) is 0 Å². The molecule has 0 spiro atoms. The third-order valence-electron chi connectivity index (χ3n) is 3.55. The van der Waals surface area contributed by atoms with E-state index in [9.17, 15) is 4.79 Å². The molecule has 0 unspecified atom stereocenters. The average molecular weight is 326 g/mol. The van der Waals surface area contributed by atoms with E-state index in [1.54, 1.807) is 13.0 Å². The highest BCUT2D eigenvalue weighted by Crippen LogP contribution is 2.22. The van der Waals surface area contributed by atoms with Crippen LogP contribution in [0.15, 0.2) is 24.3 Å². The van der Waals surface area contributed by atoms with Crippen molar-refractivity contribution >= 4 is 17.4 Å². The molecule has 1 amide bonds. The van der Waals surface area contributed by atoms with E-state index >= 15 is 0 Å². The number of carbonyl (C=O) groups is 1. The van der Waals surface area contributed by atoms with Gasteiger partial charge in [0.05, 0.1) is 0 Å². The highest BCUT2D eigenvalue weighted by molar-refractivity contribution is 6.04. The molecule has 0 atom stereocenters. The zero-order chi connectivity index (χ0) is 17.9. The Bertz CT molecular complexity index is 748. The zero-order valence-electron chi connectivity index (χ0n) is 15.3. The molecular weight excluding hydrogens is 300 g/mol. The third-order valence-corrected chi connectivity index (χ3v) is 3.55. The lowest BCUT2D eigenvalue weighted by Gasteiger charge is -2.21. The summed E-state index contributed by atoms with van der Waals surface area (Å²) in [4.78, 5) is 21.3. The summed E-state index contributed by atoms with van der Waals surface area (Å²) in [6, 6.07) is 7.72. The Kier molecular flexibility index (Phi) is 5.22. The second-order valence-corrected chi connectivity index (χ2v) is 6.98. The summed E-state index contributed by atoms with van der Waals surface area (Å²) in [5.41, 5.74) is 3.25. The van der Waals surface area contributed by atoms with Gasteiger partial charge in [0, 0.05) is 17.3 Å². The lowest BCUT2D eigenvalue weighted by atomic mass is 10.1. The molecule has 2 aromatic rings. The van der Waals surface area contributed by atoms with Crippen LogP contribution >= 0.6 is 0 Å². The lowest BCUT2D eigenvalue weighted by Crippen LogP contribution is -2.27. The molecule has 24 heavy (non-hydrogen) atoms. The topological polar surface area (TPSA) is 66.9 Å². The third kappa shape index (κ3) is 4.54. The fourth-order valence-electron chi connectivity index (χ4n) is 2.51. The molecule has 1 aromatic heterocycles. The highest BCUT2D eigenvalue weighted by atomic mass is 16.1. The van der Waals surface area contributed by atoms with E-state index in [0.717, 1.165) is 23.2 Å². The van der Waals surface area contributed by atoms with E-state index < -0.39 is 0 Å². The van der Waals surface area contributed by atoms with Gasteiger partial charge in [-0.3, -0.25) is 4.79 Å². The number of para-hydroxylation sites is 1. The summed E-state index contributed by atoms with van der Waals surface area (Å²) in [5.74, 6) is 0.997. The van der Waals surface area contributed by atoms with Crippen molar-refractivity contribution in [1.82, 2.24) is 9.97 Å². The van der Waals surface area contributed by atoms with Gasteiger partial charge in [0.2, 0.25) is 0 Å². The Hall–Kier alpha value is -2.43. The first-order chi connectivity index (χ1) is 11.2. The van der Waals surface area contributed by atoms with Crippen molar-refractivity contribution in [2.45, 2.75) is 53.5 Å². The maximum atomic E-state index is 12.7. The smallest absolute Gasteiger partial charge is 0.274 e. The van der Waals surface area contributed by atoms with Gasteiger partial charge in [0.15, 0.2) is 0 Å². The van der Waals surface area contributed by atoms with Gasteiger partial charge in [-0.05, 0) is 52.2 Å². The predicted molar refractivity (Wildman–Crippen MR) is 98.7 cm³/mol. The van der Waals surface area contributed by atoms with Crippen LogP contribution in [0.4, 0.5) is 11.5 Å². The number of hydrogen-bond acceptors (Lipinski definition) is 4. The van der Waals surface area contributed by atoms with Gasteiger partial charge in [0.1, 0.15) is 17.3 Å². The number of anilines is 2. The minimum Gasteiger partial charge on any atom is -0.365 e. The molecule has 0 saturated carbocycles. The summed E-state index contributed by atoms with van der Waals surface area (Å²) in [6.45, 7) is 12.0. The van der Waals surface area contributed by atoms with E-state index in [1.807, 2.05) is 45.9 Å². The summed E-state index contributed by atoms with van der Waals surface area (Å²) in [5, 5.41) is 6.29. The van der Waals surface area contributed by atoms with E-state index in [2.05, 4.69) is 27.5 Å². The van der Waals surface area contributed by atoms with Crippen LogP contribution in [0.1, 0.15) is 55.1 Å². The van der Waals surface area contributed by atoms with E-state index in [1.165, 1.54) is 0 Å². The monoisotopic (exact) mass is 326 g/mol. The Balaban J connectivity index is 2.31. The molecule has 2 N–H and O–H groups in total. The molecule has 2 rings (SSSR count). The van der Waals surface area contributed by atoms with Crippen molar-refractivity contribution in [3.63, 3.8) is 0 Å². The van der Waals surface area contributed by atoms with Crippen LogP contribution in [0.5, 0.6) is 0 Å². The largest absolute Gasteiger partial charge is 0.365 e. The van der Waals surface area contributed by atoms with Gasteiger partial charge in [-0.1, -0.05) is 25.1 Å². The molecule has 0 fully saturated rings. The standard InChI is InChI=1S/C19H26N4O/c1-7-14-10-8-9-12(2)17(14)22-18(24)15-11-16(21-13(3)20-15)23-19(4,5)6/h8-11H,7H2,1-6H3,(H,22,24)(H,20,21,23). The van der Waals surface area contributed by atoms with Crippen molar-refractivity contribution < 1.29 is 4.79 Å². The molecule has 0 saturated heterocycles. The number of aromatic nitrogens is 2. The van der Waals surface area contributed by atoms with E-state index in [4.69, 9.17) is 0 Å². The summed E-state index contributed by atoms with van der Waals surface area (Å²) in [7, 11) is 0. The average Bonchev–Trinajstić information content (AvgIpc) is 2.46. The minimum atomic E-state index is -0.221. The van der Waals surface area contributed by atoms with Crippen molar-refractivity contribution in [1.29, 1.82) is 0 Å². The molecular formula is C19H26N4O. The molecule has 0 aliphatic heterocycles. The van der Waals surface area contributed by atoms with Crippen LogP contribution < -0.4 is 10.6 Å². The molecule has 5 heteroatoms. The first kappa shape index (κ1) is 17.9. The first-order valence-electron chi connectivity index (χ1n) is 8.23. The van der Waals surface area contributed by atoms with Crippen LogP contribution in [0.3, 0.4) is 0 Å². The fraction of sp³-hybridized carbons (Fsp3) is 0.421. The first-order valence-corrected chi connectivity index (χ1v) is 8.23. The van der Waals surface area contributed by atoms with Crippen LogP contribution in [-0.4, -0.2) is 21.4 Å². The van der Waals surface area contributed by atoms with E-state index in [-0.39, 0.29) is 11.4 Å². The number of rotatable bonds is 4. The number of benzene rings is 1. The van der Waals surface area contributed by atoms with Crippen molar-refractivity contribution in [3.05, 3.63) is 46.9 Å². The molecule has 0 radical (unpaired) electrons. The van der Waals surface area contributed by atoms with Gasteiger partial charge in [-0.25, -0.2) is 9.97 Å². The lowest BCUT2D eigenvalue weighted by molar-refractivity contribution is 0.102. The Morgan fingerprint density at radius 3 is 2.50 bits per heavy atom. The predicted octanol–water partition coefficient (Wildman–Crippen LogP) is 4.12. The van der Waals surface area contributed by atoms with Gasteiger partial charge in [0.25, 0.3) is 5.91 Å². The molecule has 1 aromatic carbocycles. The maximum absolute atomic E-state index is 12.7. The summed E-state index contributed by atoms with van der Waals surface area (Å²) < 4.78 is 0. The van der Waals surface area contributed by atoms with E-state index in [0.29, 0.717) is 17.3 Å². The quantitative estimate of drug-likeness (QED) is 0.887. The highest BCUT2D eigenvalue weighted by Gasteiger charge is 2.16. The maximum Gasteiger partial charge on any atom is 0.274 e.